The van der Waals surface area contributed by atoms with Crippen LogP contribution in [-0.2, 0) is 13.5 Å². The molecule has 108 valence electrons. The van der Waals surface area contributed by atoms with Crippen molar-refractivity contribution in [2.75, 3.05) is 6.26 Å². The highest BCUT2D eigenvalue weighted by molar-refractivity contribution is 9.10. The van der Waals surface area contributed by atoms with Crippen LogP contribution in [0.4, 0.5) is 0 Å². The summed E-state index contributed by atoms with van der Waals surface area (Å²) in [5.74, 6) is 5.78. The molecule has 0 amide bonds. The Kier molecular flexibility index (Phi) is 5.26. The molecule has 0 spiro atoms. The fourth-order valence-corrected chi connectivity index (χ4v) is 3.47. The van der Waals surface area contributed by atoms with E-state index in [0.29, 0.717) is 0 Å². The van der Waals surface area contributed by atoms with Gasteiger partial charge in [0.25, 0.3) is 0 Å². The lowest BCUT2D eigenvalue weighted by Crippen LogP contribution is -2.30. The monoisotopic (exact) mass is 354 g/mol. The van der Waals surface area contributed by atoms with Crippen LogP contribution in [0.3, 0.4) is 0 Å². The van der Waals surface area contributed by atoms with E-state index < -0.39 is 0 Å². The zero-order valence-corrected chi connectivity index (χ0v) is 14.3. The van der Waals surface area contributed by atoms with Crippen molar-refractivity contribution in [2.45, 2.75) is 24.3 Å². The molecule has 6 heteroatoms. The lowest BCUT2D eigenvalue weighted by atomic mass is 10.0. The molecule has 0 radical (unpaired) electrons. The third kappa shape index (κ3) is 3.09. The van der Waals surface area contributed by atoms with Crippen molar-refractivity contribution in [3.05, 3.63) is 45.7 Å². The van der Waals surface area contributed by atoms with E-state index in [-0.39, 0.29) is 6.04 Å². The van der Waals surface area contributed by atoms with Crippen LogP contribution in [0, 0.1) is 6.92 Å². The SMILES string of the molecule is CSc1ccccc1C(Cc1c(Br)c(C)nn1C)NN. The molecule has 4 nitrogen and oxygen atoms in total. The Hall–Kier alpha value is -0.820. The molecule has 0 saturated heterocycles. The molecule has 2 aromatic rings. The Morgan fingerprint density at radius 1 is 1.45 bits per heavy atom. The van der Waals surface area contributed by atoms with Gasteiger partial charge in [0.1, 0.15) is 0 Å². The average Bonchev–Trinajstić information content (AvgIpc) is 2.70. The maximum Gasteiger partial charge on any atom is 0.0738 e. The van der Waals surface area contributed by atoms with Gasteiger partial charge in [-0.3, -0.25) is 16.0 Å². The Morgan fingerprint density at radius 2 is 2.15 bits per heavy atom. The topological polar surface area (TPSA) is 55.9 Å². The first kappa shape index (κ1) is 15.6. The van der Waals surface area contributed by atoms with Gasteiger partial charge in [0.2, 0.25) is 0 Å². The van der Waals surface area contributed by atoms with Crippen LogP contribution < -0.4 is 11.3 Å². The quantitative estimate of drug-likeness (QED) is 0.492. The Labute approximate surface area is 132 Å². The summed E-state index contributed by atoms with van der Waals surface area (Å²) in [4.78, 5) is 1.24. The predicted molar refractivity (Wildman–Crippen MR) is 87.6 cm³/mol. The number of aryl methyl sites for hydroxylation is 2. The maximum absolute atomic E-state index is 5.78. The first-order valence-corrected chi connectivity index (χ1v) is 8.37. The standard InChI is InChI=1S/C14H19BrN4S/c1-9-14(15)12(19(2)18-9)8-11(17-16)10-6-4-5-7-13(10)20-3/h4-7,11,17H,8,16H2,1-3H3. The van der Waals surface area contributed by atoms with Crippen LogP contribution in [0.5, 0.6) is 0 Å². The van der Waals surface area contributed by atoms with E-state index in [9.17, 15) is 0 Å². The van der Waals surface area contributed by atoms with Gasteiger partial charge in [-0.05, 0) is 40.7 Å². The number of nitrogens with two attached hydrogens (primary N) is 1. The number of halogens is 1. The van der Waals surface area contributed by atoms with E-state index in [0.717, 1.165) is 22.3 Å². The molecular weight excluding hydrogens is 336 g/mol. The molecule has 1 aromatic heterocycles. The summed E-state index contributed by atoms with van der Waals surface area (Å²) in [6, 6.07) is 8.39. The minimum atomic E-state index is 0.0600. The number of nitrogens with zero attached hydrogens (tertiary/aromatic N) is 2. The van der Waals surface area contributed by atoms with E-state index in [1.807, 2.05) is 30.8 Å². The highest BCUT2D eigenvalue weighted by atomic mass is 79.9. The van der Waals surface area contributed by atoms with Gasteiger partial charge >= 0.3 is 0 Å². The fourth-order valence-electron chi connectivity index (χ4n) is 2.31. The normalized spacial score (nSPS) is 12.7. The van der Waals surface area contributed by atoms with Gasteiger partial charge in [0.05, 0.1) is 21.9 Å². The number of hydrazine groups is 1. The molecule has 1 unspecified atom stereocenters. The third-order valence-corrected chi connectivity index (χ3v) is 5.22. The first-order chi connectivity index (χ1) is 9.58. The van der Waals surface area contributed by atoms with Crippen LogP contribution in [0.2, 0.25) is 0 Å². The lowest BCUT2D eigenvalue weighted by molar-refractivity contribution is 0.522. The van der Waals surface area contributed by atoms with Crippen molar-refractivity contribution in [3.8, 4) is 0 Å². The van der Waals surface area contributed by atoms with Crippen molar-refractivity contribution >= 4 is 27.7 Å². The van der Waals surface area contributed by atoms with E-state index in [2.05, 4.69) is 44.8 Å². The average molecular weight is 355 g/mol. The minimum absolute atomic E-state index is 0.0600. The molecule has 0 saturated carbocycles. The molecule has 0 aliphatic carbocycles. The number of benzene rings is 1. The van der Waals surface area contributed by atoms with Gasteiger partial charge in [-0.25, -0.2) is 0 Å². The van der Waals surface area contributed by atoms with Crippen LogP contribution in [0.25, 0.3) is 0 Å². The van der Waals surface area contributed by atoms with Gasteiger partial charge < -0.3 is 0 Å². The molecule has 0 aliphatic rings. The highest BCUT2D eigenvalue weighted by Crippen LogP contribution is 2.30. The largest absolute Gasteiger partial charge is 0.271 e. The van der Waals surface area contributed by atoms with E-state index >= 15 is 0 Å². The molecule has 2 rings (SSSR count). The number of nitrogens with one attached hydrogen (secondary N) is 1. The van der Waals surface area contributed by atoms with E-state index in [1.165, 1.54) is 10.5 Å². The second-order valence-electron chi connectivity index (χ2n) is 4.64. The molecule has 1 heterocycles. The molecule has 1 atom stereocenters. The Balaban J connectivity index is 2.34. The Morgan fingerprint density at radius 3 is 2.70 bits per heavy atom. The lowest BCUT2D eigenvalue weighted by Gasteiger charge is -2.19. The highest BCUT2D eigenvalue weighted by Gasteiger charge is 2.19. The van der Waals surface area contributed by atoms with Crippen molar-refractivity contribution in [1.29, 1.82) is 0 Å². The summed E-state index contributed by atoms with van der Waals surface area (Å²) in [5.41, 5.74) is 6.28. The molecular formula is C14H19BrN4S. The number of thioether (sulfide) groups is 1. The van der Waals surface area contributed by atoms with Crippen LogP contribution in [-0.4, -0.2) is 16.0 Å². The molecule has 0 aliphatic heterocycles. The zero-order chi connectivity index (χ0) is 14.7. The summed E-state index contributed by atoms with van der Waals surface area (Å²) in [6.45, 7) is 1.99. The van der Waals surface area contributed by atoms with Crippen molar-refractivity contribution in [1.82, 2.24) is 15.2 Å². The first-order valence-electron chi connectivity index (χ1n) is 6.35. The number of hydrogen-bond donors (Lipinski definition) is 2. The van der Waals surface area contributed by atoms with Crippen molar-refractivity contribution < 1.29 is 0 Å². The van der Waals surface area contributed by atoms with Crippen molar-refractivity contribution in [3.63, 3.8) is 0 Å². The number of aromatic nitrogens is 2. The maximum atomic E-state index is 5.78. The predicted octanol–water partition coefficient (Wildman–Crippen LogP) is 2.96. The van der Waals surface area contributed by atoms with Gasteiger partial charge in [0, 0.05) is 18.4 Å². The second kappa shape index (κ2) is 6.76. The molecule has 0 bridgehead atoms. The van der Waals surface area contributed by atoms with Crippen LogP contribution in [0.15, 0.2) is 33.6 Å². The van der Waals surface area contributed by atoms with Gasteiger partial charge in [-0.2, -0.15) is 5.10 Å². The van der Waals surface area contributed by atoms with Gasteiger partial charge in [0.15, 0.2) is 0 Å². The molecule has 1 aromatic carbocycles. The molecule has 3 N–H and O–H groups in total. The molecule has 0 fully saturated rings. The Bertz CT molecular complexity index is 597. The second-order valence-corrected chi connectivity index (χ2v) is 6.28. The van der Waals surface area contributed by atoms with Gasteiger partial charge in [-0.15, -0.1) is 11.8 Å². The van der Waals surface area contributed by atoms with E-state index in [4.69, 9.17) is 5.84 Å². The summed E-state index contributed by atoms with van der Waals surface area (Å²) in [7, 11) is 1.96. The van der Waals surface area contributed by atoms with Gasteiger partial charge in [-0.1, -0.05) is 18.2 Å². The summed E-state index contributed by atoms with van der Waals surface area (Å²) in [5, 5.41) is 4.43. The summed E-state index contributed by atoms with van der Waals surface area (Å²) in [6.07, 6.45) is 2.86. The molecule has 20 heavy (non-hydrogen) atoms. The minimum Gasteiger partial charge on any atom is -0.271 e. The van der Waals surface area contributed by atoms with Crippen LogP contribution >= 0.6 is 27.7 Å². The fraction of sp³-hybridized carbons (Fsp3) is 0.357. The van der Waals surface area contributed by atoms with Crippen molar-refractivity contribution in [2.24, 2.45) is 12.9 Å². The number of rotatable bonds is 5. The zero-order valence-electron chi connectivity index (χ0n) is 11.9. The summed E-state index contributed by atoms with van der Waals surface area (Å²) >= 11 is 5.34. The smallest absolute Gasteiger partial charge is 0.0738 e. The summed E-state index contributed by atoms with van der Waals surface area (Å²) < 4.78 is 2.97. The number of hydrogen-bond acceptors (Lipinski definition) is 4. The van der Waals surface area contributed by atoms with Crippen LogP contribution in [0.1, 0.15) is 23.0 Å². The van der Waals surface area contributed by atoms with E-state index in [1.54, 1.807) is 11.8 Å². The third-order valence-electron chi connectivity index (χ3n) is 3.37.